The van der Waals surface area contributed by atoms with Crippen LogP contribution in [0.4, 0.5) is 5.69 Å². The Balaban J connectivity index is 1.58. The van der Waals surface area contributed by atoms with Crippen molar-refractivity contribution < 1.29 is 9.90 Å². The maximum atomic E-state index is 12.9. The average Bonchev–Trinajstić information content (AvgIpc) is 2.79. The number of aliphatic hydroxyl groups excluding tert-OH is 1. The Labute approximate surface area is 183 Å². The quantitative estimate of drug-likeness (QED) is 0.339. The Kier molecular flexibility index (Phi) is 6.34. The van der Waals surface area contributed by atoms with E-state index in [0.717, 1.165) is 16.5 Å². The summed E-state index contributed by atoms with van der Waals surface area (Å²) in [6.07, 6.45) is 0.436. The first-order valence-electron chi connectivity index (χ1n) is 10.1. The Morgan fingerprint density at radius 1 is 1.10 bits per heavy atom. The molecule has 158 valence electrons. The second kappa shape index (κ2) is 9.32. The maximum Gasteiger partial charge on any atom is 0.262 e. The summed E-state index contributed by atoms with van der Waals surface area (Å²) in [5, 5.41) is 14.9. The van der Waals surface area contributed by atoms with Crippen LogP contribution in [-0.2, 0) is 11.3 Å². The van der Waals surface area contributed by atoms with Gasteiger partial charge in [-0.3, -0.25) is 14.2 Å². The highest BCUT2D eigenvalue weighted by atomic mass is 32.2. The van der Waals surface area contributed by atoms with Crippen molar-refractivity contribution in [2.75, 3.05) is 11.9 Å². The summed E-state index contributed by atoms with van der Waals surface area (Å²) >= 11 is 1.24. The predicted octanol–water partition coefficient (Wildman–Crippen LogP) is 4.05. The summed E-state index contributed by atoms with van der Waals surface area (Å²) in [4.78, 5) is 30.4. The van der Waals surface area contributed by atoms with Crippen molar-refractivity contribution in [2.24, 2.45) is 0 Å². The number of carbonyl (C=O) groups excluding carboxylic acids is 1. The number of para-hydroxylation sites is 1. The van der Waals surface area contributed by atoms with E-state index >= 15 is 0 Å². The summed E-state index contributed by atoms with van der Waals surface area (Å²) in [6.45, 7) is 2.11. The third-order valence-corrected chi connectivity index (χ3v) is 6.12. The molecule has 31 heavy (non-hydrogen) atoms. The predicted molar refractivity (Wildman–Crippen MR) is 126 cm³/mol. The van der Waals surface area contributed by atoms with Gasteiger partial charge in [-0.2, -0.15) is 0 Å². The average molecular weight is 434 g/mol. The van der Waals surface area contributed by atoms with E-state index < -0.39 is 5.25 Å². The highest BCUT2D eigenvalue weighted by molar-refractivity contribution is 8.00. The van der Waals surface area contributed by atoms with Crippen LogP contribution in [0, 0.1) is 0 Å². The van der Waals surface area contributed by atoms with Crippen LogP contribution in [0.1, 0.15) is 13.3 Å². The van der Waals surface area contributed by atoms with E-state index in [1.165, 1.54) is 11.8 Å². The van der Waals surface area contributed by atoms with Crippen LogP contribution in [0.5, 0.6) is 0 Å². The first-order valence-corrected chi connectivity index (χ1v) is 11.0. The van der Waals surface area contributed by atoms with E-state index in [0.29, 0.717) is 29.0 Å². The molecule has 0 unspecified atom stereocenters. The molecule has 2 N–H and O–H groups in total. The topological polar surface area (TPSA) is 84.2 Å². The van der Waals surface area contributed by atoms with Crippen molar-refractivity contribution in [3.05, 3.63) is 77.1 Å². The Morgan fingerprint density at radius 3 is 2.65 bits per heavy atom. The van der Waals surface area contributed by atoms with Gasteiger partial charge in [0.2, 0.25) is 5.91 Å². The largest absolute Gasteiger partial charge is 0.396 e. The minimum absolute atomic E-state index is 0.0264. The van der Waals surface area contributed by atoms with Crippen LogP contribution in [0.2, 0.25) is 0 Å². The van der Waals surface area contributed by atoms with Crippen LogP contribution < -0.4 is 10.9 Å². The molecule has 3 aromatic carbocycles. The lowest BCUT2D eigenvalue weighted by Crippen LogP contribution is -2.27. The first kappa shape index (κ1) is 21.1. The Morgan fingerprint density at radius 2 is 1.84 bits per heavy atom. The van der Waals surface area contributed by atoms with Crippen LogP contribution in [0.25, 0.3) is 21.7 Å². The summed E-state index contributed by atoms with van der Waals surface area (Å²) in [7, 11) is 0. The van der Waals surface area contributed by atoms with E-state index in [2.05, 4.69) is 10.3 Å². The van der Waals surface area contributed by atoms with Crippen molar-refractivity contribution in [3.63, 3.8) is 0 Å². The number of benzene rings is 3. The number of rotatable bonds is 7. The molecule has 7 heteroatoms. The molecule has 0 aliphatic rings. The van der Waals surface area contributed by atoms with Gasteiger partial charge >= 0.3 is 0 Å². The van der Waals surface area contributed by atoms with Crippen molar-refractivity contribution >= 4 is 45.0 Å². The lowest BCUT2D eigenvalue weighted by Gasteiger charge is -2.16. The third-order valence-electron chi connectivity index (χ3n) is 5.03. The lowest BCUT2D eigenvalue weighted by molar-refractivity contribution is -0.115. The van der Waals surface area contributed by atoms with Crippen LogP contribution in [-0.4, -0.2) is 32.4 Å². The number of fused-ring (bicyclic) bond motifs is 2. The fourth-order valence-corrected chi connectivity index (χ4v) is 4.32. The molecule has 0 aliphatic heterocycles. The van der Waals surface area contributed by atoms with Gasteiger partial charge in [-0.05, 0) is 48.4 Å². The molecule has 1 aromatic heterocycles. The van der Waals surface area contributed by atoms with Crippen molar-refractivity contribution in [3.8, 4) is 0 Å². The van der Waals surface area contributed by atoms with Crippen molar-refractivity contribution in [1.29, 1.82) is 0 Å². The number of aromatic nitrogens is 2. The smallest absolute Gasteiger partial charge is 0.262 e. The van der Waals surface area contributed by atoms with Crippen LogP contribution in [0.3, 0.4) is 0 Å². The number of aliphatic hydroxyl groups is 1. The van der Waals surface area contributed by atoms with Crippen molar-refractivity contribution in [1.82, 2.24) is 9.55 Å². The molecule has 0 saturated carbocycles. The zero-order valence-electron chi connectivity index (χ0n) is 17.1. The van der Waals surface area contributed by atoms with E-state index in [1.807, 2.05) is 48.5 Å². The normalized spacial score (nSPS) is 12.2. The number of anilines is 1. The van der Waals surface area contributed by atoms with Crippen LogP contribution in [0.15, 0.2) is 76.7 Å². The number of nitrogens with zero attached hydrogens (tertiary/aromatic N) is 2. The summed E-state index contributed by atoms with van der Waals surface area (Å²) in [5.74, 6) is -0.170. The molecule has 0 bridgehead atoms. The molecule has 4 aromatic rings. The number of amides is 1. The van der Waals surface area contributed by atoms with Gasteiger partial charge in [0.1, 0.15) is 0 Å². The van der Waals surface area contributed by atoms with Gasteiger partial charge in [-0.25, -0.2) is 4.98 Å². The van der Waals surface area contributed by atoms with Gasteiger partial charge in [-0.15, -0.1) is 0 Å². The zero-order chi connectivity index (χ0) is 21.8. The van der Waals surface area contributed by atoms with E-state index in [9.17, 15) is 14.7 Å². The molecule has 0 radical (unpaired) electrons. The molecular formula is C24H23N3O3S. The minimum atomic E-state index is -0.472. The maximum absolute atomic E-state index is 12.9. The highest BCUT2D eigenvalue weighted by Crippen LogP contribution is 2.25. The lowest BCUT2D eigenvalue weighted by atomic mass is 10.1. The van der Waals surface area contributed by atoms with E-state index in [-0.39, 0.29) is 18.1 Å². The fraction of sp³-hybridized carbons (Fsp3) is 0.208. The van der Waals surface area contributed by atoms with Gasteiger partial charge in [0.05, 0.1) is 16.2 Å². The summed E-state index contributed by atoms with van der Waals surface area (Å²) in [6, 6.07) is 20.9. The van der Waals surface area contributed by atoms with Gasteiger partial charge in [-0.1, -0.05) is 54.2 Å². The zero-order valence-corrected chi connectivity index (χ0v) is 17.9. The minimum Gasteiger partial charge on any atom is -0.396 e. The molecule has 0 saturated heterocycles. The second-order valence-corrected chi connectivity index (χ2v) is 8.56. The van der Waals surface area contributed by atoms with Gasteiger partial charge in [0.25, 0.3) is 5.56 Å². The van der Waals surface area contributed by atoms with Crippen molar-refractivity contribution in [2.45, 2.75) is 30.3 Å². The molecule has 0 fully saturated rings. The van der Waals surface area contributed by atoms with E-state index in [4.69, 9.17) is 0 Å². The number of hydrogen-bond donors (Lipinski definition) is 2. The summed E-state index contributed by atoms with van der Waals surface area (Å²) < 4.78 is 1.54. The first-order chi connectivity index (χ1) is 15.1. The molecule has 1 heterocycles. The second-order valence-electron chi connectivity index (χ2n) is 7.26. The van der Waals surface area contributed by atoms with E-state index in [1.54, 1.807) is 29.7 Å². The fourth-order valence-electron chi connectivity index (χ4n) is 3.39. The number of hydrogen-bond acceptors (Lipinski definition) is 5. The monoisotopic (exact) mass is 433 g/mol. The Bertz CT molecular complexity index is 1300. The summed E-state index contributed by atoms with van der Waals surface area (Å²) in [5.41, 5.74) is 1.15. The standard InChI is InChI=1S/C24H23N3O3S/c1-16(22(29)25-19-12-11-17-7-2-3-8-18(17)15-19)31-24-26-21-10-5-4-9-20(21)23(30)27(24)13-6-14-28/h2-5,7-12,15-16,28H,6,13-14H2,1H3,(H,25,29)/t16-/m0/s1. The number of nitrogens with one attached hydrogen (secondary N) is 1. The molecule has 4 rings (SSSR count). The molecule has 1 amide bonds. The SMILES string of the molecule is C[C@H](Sc1nc2ccccc2c(=O)n1CCCO)C(=O)Nc1ccc2ccccc2c1. The number of carbonyl (C=O) groups is 1. The molecule has 0 aliphatic carbocycles. The molecule has 1 atom stereocenters. The van der Waals surface area contributed by atoms with Gasteiger partial charge in [0, 0.05) is 18.8 Å². The number of thioether (sulfide) groups is 1. The Hall–Kier alpha value is -3.16. The third kappa shape index (κ3) is 4.62. The van der Waals surface area contributed by atoms with Crippen LogP contribution >= 0.6 is 11.8 Å². The molecular weight excluding hydrogens is 410 g/mol. The van der Waals surface area contributed by atoms with Gasteiger partial charge < -0.3 is 10.4 Å². The van der Waals surface area contributed by atoms with Gasteiger partial charge in [0.15, 0.2) is 5.16 Å². The molecule has 0 spiro atoms. The highest BCUT2D eigenvalue weighted by Gasteiger charge is 2.19. The molecule has 6 nitrogen and oxygen atoms in total.